The third-order valence-electron chi connectivity index (χ3n) is 0. The minimum absolute atomic E-state index is 0. The molecule has 13 heteroatoms. The maximum absolute atomic E-state index is 0. The molecular weight excluding hydrogens is 297 g/mol. The largest absolute Gasteiger partial charge is 2.00 e. The molecule has 13 heavy (non-hydrogen) atoms. The van der Waals surface area contributed by atoms with Crippen molar-refractivity contribution in [2.45, 2.75) is 0 Å². The average molecular weight is 297 g/mol. The Hall–Kier alpha value is 4.98. The number of halogens is 2. The van der Waals surface area contributed by atoms with Gasteiger partial charge < -0.3 is 52.2 Å². The van der Waals surface area contributed by atoms with Crippen molar-refractivity contribution in [3.05, 3.63) is 0 Å². The quantitative estimate of drug-likeness (QED) is 0.391. The molecular formula is Cl2Mg6O5. The van der Waals surface area contributed by atoms with Crippen LogP contribution in [0.15, 0.2) is 0 Å². The van der Waals surface area contributed by atoms with Gasteiger partial charge in [-0.3, -0.25) is 0 Å². The van der Waals surface area contributed by atoms with Crippen molar-refractivity contribution in [3.63, 3.8) is 0 Å². The molecule has 0 aromatic carbocycles. The first-order chi connectivity index (χ1) is 0. The van der Waals surface area contributed by atoms with Crippen LogP contribution in [0.2, 0.25) is 0 Å². The second-order valence-corrected chi connectivity index (χ2v) is 0. The Bertz CT molecular complexity index is 19.0. The zero-order chi connectivity index (χ0) is 0. The minimum Gasteiger partial charge on any atom is -2.00 e. The summed E-state index contributed by atoms with van der Waals surface area (Å²) in [6, 6.07) is 0. The fourth-order valence-corrected chi connectivity index (χ4v) is 0. The second-order valence-electron chi connectivity index (χ2n) is 0. The van der Waals surface area contributed by atoms with E-state index in [1.807, 2.05) is 0 Å². The van der Waals surface area contributed by atoms with Gasteiger partial charge in [-0.05, 0) is 0 Å². The Balaban J connectivity index is 0. The summed E-state index contributed by atoms with van der Waals surface area (Å²) in [6.07, 6.45) is 0. The van der Waals surface area contributed by atoms with Crippen LogP contribution in [0.3, 0.4) is 0 Å². The fraction of sp³-hybridized carbons (Fsp3) is 0. The van der Waals surface area contributed by atoms with E-state index in [0.717, 1.165) is 0 Å². The van der Waals surface area contributed by atoms with Crippen molar-refractivity contribution in [1.29, 1.82) is 0 Å². The van der Waals surface area contributed by atoms with Crippen molar-refractivity contribution >= 4 is 138 Å². The van der Waals surface area contributed by atoms with E-state index in [4.69, 9.17) is 0 Å². The van der Waals surface area contributed by atoms with E-state index in [2.05, 4.69) is 0 Å². The minimum atomic E-state index is 0. The van der Waals surface area contributed by atoms with Crippen molar-refractivity contribution in [2.24, 2.45) is 0 Å². The molecule has 0 fully saturated rings. The van der Waals surface area contributed by atoms with Crippen LogP contribution in [0.1, 0.15) is 0 Å². The molecule has 0 aliphatic carbocycles. The van der Waals surface area contributed by atoms with Gasteiger partial charge in [-0.2, -0.15) is 0 Å². The molecule has 5 nitrogen and oxygen atoms in total. The molecule has 0 aromatic rings. The molecule has 0 saturated heterocycles. The van der Waals surface area contributed by atoms with Crippen molar-refractivity contribution < 1.29 is 52.2 Å². The maximum Gasteiger partial charge on any atom is 2.00 e. The van der Waals surface area contributed by atoms with Gasteiger partial charge in [0.2, 0.25) is 0 Å². The Morgan fingerprint density at radius 1 is 0.231 bits per heavy atom. The molecule has 0 radical (unpaired) electrons. The first kappa shape index (κ1) is 209. The van der Waals surface area contributed by atoms with Gasteiger partial charge in [0.25, 0.3) is 0 Å². The van der Waals surface area contributed by atoms with Crippen molar-refractivity contribution in [1.82, 2.24) is 0 Å². The molecule has 0 unspecified atom stereocenters. The van der Waals surface area contributed by atoms with Crippen LogP contribution < -0.4 is 24.8 Å². The standard InChI is InChI=1S/2ClH.6Mg.5O/h2*1H;;;;;;;;;;;/q;;6*+2;5*-2/p-2. The molecule has 0 aliphatic heterocycles. The summed E-state index contributed by atoms with van der Waals surface area (Å²) in [4.78, 5) is 0. The van der Waals surface area contributed by atoms with E-state index < -0.39 is 0 Å². The van der Waals surface area contributed by atoms with Gasteiger partial charge in [0, 0.05) is 0 Å². The zero-order valence-electron chi connectivity index (χ0n) is 7.04. The van der Waals surface area contributed by atoms with Crippen LogP contribution in [0.4, 0.5) is 0 Å². The molecule has 56 valence electrons. The van der Waals surface area contributed by atoms with E-state index in [-0.39, 0.29) is 191 Å². The van der Waals surface area contributed by atoms with E-state index in [9.17, 15) is 0 Å². The van der Waals surface area contributed by atoms with E-state index in [1.165, 1.54) is 0 Å². The number of rotatable bonds is 0. The predicted octanol–water partition coefficient (Wildman–Crippen LogP) is -8.87. The molecule has 0 aromatic heterocycles. The van der Waals surface area contributed by atoms with Crippen molar-refractivity contribution in [2.75, 3.05) is 0 Å². The van der Waals surface area contributed by atoms with Gasteiger partial charge in [-0.1, -0.05) is 0 Å². The van der Waals surface area contributed by atoms with Gasteiger partial charge >= 0.3 is 138 Å². The summed E-state index contributed by atoms with van der Waals surface area (Å²) >= 11 is 0. The normalized spacial score (nSPS) is 0. The Kier molecular flexibility index (Phi) is 2810. The van der Waals surface area contributed by atoms with E-state index in [1.54, 1.807) is 0 Å². The molecule has 0 aliphatic rings. The smallest absolute Gasteiger partial charge is 2.00 e. The molecule has 0 bridgehead atoms. The van der Waals surface area contributed by atoms with Gasteiger partial charge in [0.15, 0.2) is 0 Å². The van der Waals surface area contributed by atoms with E-state index in [0.29, 0.717) is 0 Å². The summed E-state index contributed by atoms with van der Waals surface area (Å²) in [7, 11) is 0. The number of hydrogen-bond acceptors (Lipinski definition) is 0. The Labute approximate surface area is 187 Å². The molecule has 0 amide bonds. The fourth-order valence-electron chi connectivity index (χ4n) is 0. The zero-order valence-corrected chi connectivity index (χ0v) is 17.0. The van der Waals surface area contributed by atoms with Crippen LogP contribution in [0.5, 0.6) is 0 Å². The third kappa shape index (κ3) is 154. The molecule has 0 atom stereocenters. The first-order valence-corrected chi connectivity index (χ1v) is 0. The molecule has 0 spiro atoms. The predicted molar refractivity (Wildman–Crippen MR) is 38.0 cm³/mol. The Morgan fingerprint density at radius 2 is 0.231 bits per heavy atom. The van der Waals surface area contributed by atoms with Crippen molar-refractivity contribution in [3.8, 4) is 0 Å². The maximum atomic E-state index is 0. The van der Waals surface area contributed by atoms with Gasteiger partial charge in [-0.15, -0.1) is 0 Å². The van der Waals surface area contributed by atoms with Gasteiger partial charge in [0.1, 0.15) is 0 Å². The van der Waals surface area contributed by atoms with Crippen LogP contribution in [-0.2, 0) is 27.4 Å². The monoisotopic (exact) mass is 294 g/mol. The van der Waals surface area contributed by atoms with Gasteiger partial charge in [0.05, 0.1) is 0 Å². The molecule has 0 heterocycles. The van der Waals surface area contributed by atoms with Crippen LogP contribution in [0, 0.1) is 0 Å². The topological polar surface area (TPSA) is 142 Å². The third-order valence-corrected chi connectivity index (χ3v) is 0. The molecule has 0 rings (SSSR count). The summed E-state index contributed by atoms with van der Waals surface area (Å²) in [5.74, 6) is 0. The van der Waals surface area contributed by atoms with Crippen LogP contribution in [-0.4, -0.2) is 138 Å². The SMILES string of the molecule is [Cl-].[Cl-].[Mg+2].[Mg+2].[Mg+2].[Mg+2].[Mg+2].[Mg+2].[O-2].[O-2].[O-2].[O-2].[O-2]. The first-order valence-electron chi connectivity index (χ1n) is 0. The summed E-state index contributed by atoms with van der Waals surface area (Å²) < 4.78 is 0. The van der Waals surface area contributed by atoms with Crippen LogP contribution in [0.25, 0.3) is 0 Å². The number of hydrogen-bond donors (Lipinski definition) is 0. The average Bonchev–Trinajstić information content (AvgIpc) is 0. The summed E-state index contributed by atoms with van der Waals surface area (Å²) in [5, 5.41) is 0. The summed E-state index contributed by atoms with van der Waals surface area (Å²) in [5.41, 5.74) is 0. The molecule has 0 saturated carbocycles. The van der Waals surface area contributed by atoms with Gasteiger partial charge in [-0.25, -0.2) is 0 Å². The molecule has 0 N–H and O–H groups in total. The summed E-state index contributed by atoms with van der Waals surface area (Å²) in [6.45, 7) is 0. The van der Waals surface area contributed by atoms with E-state index >= 15 is 0 Å². The second kappa shape index (κ2) is 175. The van der Waals surface area contributed by atoms with Crippen LogP contribution >= 0.6 is 0 Å². The Morgan fingerprint density at radius 3 is 0.231 bits per heavy atom.